The summed E-state index contributed by atoms with van der Waals surface area (Å²) in [6, 6.07) is 15.7. The zero-order valence-electron chi connectivity index (χ0n) is 17.9. The molecule has 1 heterocycles. The first-order valence-corrected chi connectivity index (χ1v) is 9.66. The Kier molecular flexibility index (Phi) is 5.47. The lowest BCUT2D eigenvalue weighted by atomic mass is 9.86. The molecule has 29 heavy (non-hydrogen) atoms. The number of benzene rings is 2. The number of amides is 1. The minimum absolute atomic E-state index is 0.0464. The normalized spacial score (nSPS) is 16.0. The molecule has 0 aliphatic carbocycles. The molecule has 0 atom stereocenters. The van der Waals surface area contributed by atoms with Crippen LogP contribution in [-0.2, 0) is 19.7 Å². The predicted octanol–water partition coefficient (Wildman–Crippen LogP) is 5.17. The first kappa shape index (κ1) is 20.6. The summed E-state index contributed by atoms with van der Waals surface area (Å²) in [5.41, 5.74) is 5.17. The van der Waals surface area contributed by atoms with Crippen LogP contribution in [0.1, 0.15) is 44.4 Å². The summed E-state index contributed by atoms with van der Waals surface area (Å²) in [6.07, 6.45) is 1.76. The van der Waals surface area contributed by atoms with Crippen molar-refractivity contribution < 1.29 is 14.3 Å². The second-order valence-electron chi connectivity index (χ2n) is 8.36. The molecule has 0 fully saturated rings. The Morgan fingerprint density at radius 1 is 0.966 bits per heavy atom. The molecular formula is C25H27NO3. The van der Waals surface area contributed by atoms with E-state index in [9.17, 15) is 9.59 Å². The third-order valence-corrected chi connectivity index (χ3v) is 5.17. The summed E-state index contributed by atoms with van der Waals surface area (Å²) in [4.78, 5) is 27.3. The van der Waals surface area contributed by atoms with E-state index in [1.165, 1.54) is 12.7 Å². The Hall–Kier alpha value is -3.14. The van der Waals surface area contributed by atoms with Gasteiger partial charge in [0.25, 0.3) is 5.91 Å². The Morgan fingerprint density at radius 2 is 1.55 bits per heavy atom. The van der Waals surface area contributed by atoms with Gasteiger partial charge >= 0.3 is 5.97 Å². The van der Waals surface area contributed by atoms with E-state index in [2.05, 4.69) is 32.9 Å². The molecule has 150 valence electrons. The van der Waals surface area contributed by atoms with Gasteiger partial charge in [-0.25, -0.2) is 4.79 Å². The van der Waals surface area contributed by atoms with Gasteiger partial charge in [0.1, 0.15) is 0 Å². The van der Waals surface area contributed by atoms with E-state index >= 15 is 0 Å². The SMILES string of the molecule is COC(=O)C1=C(C)N(c2ccc(C)cc2)C(=O)/C1=C\c1ccc(C(C)(C)C)cc1. The van der Waals surface area contributed by atoms with E-state index in [4.69, 9.17) is 4.74 Å². The molecule has 2 aromatic rings. The summed E-state index contributed by atoms with van der Waals surface area (Å²) in [7, 11) is 1.33. The fourth-order valence-corrected chi connectivity index (χ4v) is 3.43. The highest BCUT2D eigenvalue weighted by Gasteiger charge is 2.37. The van der Waals surface area contributed by atoms with Gasteiger partial charge in [0.15, 0.2) is 0 Å². The molecule has 0 N–H and O–H groups in total. The molecule has 2 aromatic carbocycles. The number of anilines is 1. The molecule has 4 heteroatoms. The van der Waals surface area contributed by atoms with Crippen LogP contribution in [0.5, 0.6) is 0 Å². The number of rotatable bonds is 3. The van der Waals surface area contributed by atoms with Crippen LogP contribution in [0.25, 0.3) is 6.08 Å². The highest BCUT2D eigenvalue weighted by atomic mass is 16.5. The van der Waals surface area contributed by atoms with Crippen molar-refractivity contribution in [3.8, 4) is 0 Å². The molecule has 0 aromatic heterocycles. The number of nitrogens with zero attached hydrogens (tertiary/aromatic N) is 1. The van der Waals surface area contributed by atoms with E-state index in [1.54, 1.807) is 17.9 Å². The number of esters is 1. The van der Waals surface area contributed by atoms with Gasteiger partial charge in [0.05, 0.1) is 18.3 Å². The third-order valence-electron chi connectivity index (χ3n) is 5.17. The lowest BCUT2D eigenvalue weighted by molar-refractivity contribution is -0.136. The molecule has 3 rings (SSSR count). The van der Waals surface area contributed by atoms with Crippen molar-refractivity contribution in [2.45, 2.75) is 40.0 Å². The molecule has 4 nitrogen and oxygen atoms in total. The first-order valence-electron chi connectivity index (χ1n) is 9.66. The second kappa shape index (κ2) is 7.70. The molecule has 0 spiro atoms. The zero-order chi connectivity index (χ0) is 21.3. The van der Waals surface area contributed by atoms with Gasteiger partial charge in [-0.2, -0.15) is 0 Å². The number of carbonyl (C=O) groups is 2. The maximum atomic E-state index is 13.3. The van der Waals surface area contributed by atoms with Gasteiger partial charge < -0.3 is 4.74 Å². The second-order valence-corrected chi connectivity index (χ2v) is 8.36. The van der Waals surface area contributed by atoms with Crippen LogP contribution in [0.15, 0.2) is 65.4 Å². The molecule has 0 saturated carbocycles. The summed E-state index contributed by atoms with van der Waals surface area (Å²) in [6.45, 7) is 10.2. The van der Waals surface area contributed by atoms with Crippen LogP contribution in [0.4, 0.5) is 5.69 Å². The monoisotopic (exact) mass is 389 g/mol. The van der Waals surface area contributed by atoms with E-state index < -0.39 is 5.97 Å². The molecular weight excluding hydrogens is 362 g/mol. The summed E-state index contributed by atoms with van der Waals surface area (Å²) in [5, 5.41) is 0. The lowest BCUT2D eigenvalue weighted by Gasteiger charge is -2.19. The number of methoxy groups -OCH3 is 1. The number of ether oxygens (including phenoxy) is 1. The lowest BCUT2D eigenvalue weighted by Crippen LogP contribution is -2.24. The average Bonchev–Trinajstić information content (AvgIpc) is 2.92. The fraction of sp³-hybridized carbons (Fsp3) is 0.280. The van der Waals surface area contributed by atoms with Crippen molar-refractivity contribution in [1.82, 2.24) is 0 Å². The highest BCUT2D eigenvalue weighted by molar-refractivity contribution is 6.23. The van der Waals surface area contributed by atoms with Crippen molar-refractivity contribution in [1.29, 1.82) is 0 Å². The largest absolute Gasteiger partial charge is 0.465 e. The molecule has 0 radical (unpaired) electrons. The Bertz CT molecular complexity index is 1000. The number of hydrogen-bond acceptors (Lipinski definition) is 3. The number of hydrogen-bond donors (Lipinski definition) is 0. The van der Waals surface area contributed by atoms with Crippen molar-refractivity contribution in [2.75, 3.05) is 12.0 Å². The van der Waals surface area contributed by atoms with Crippen LogP contribution in [0.3, 0.4) is 0 Å². The highest BCUT2D eigenvalue weighted by Crippen LogP contribution is 2.35. The van der Waals surface area contributed by atoms with Crippen molar-refractivity contribution >= 4 is 23.6 Å². The van der Waals surface area contributed by atoms with Crippen LogP contribution in [-0.4, -0.2) is 19.0 Å². The quantitative estimate of drug-likeness (QED) is 0.537. The molecule has 0 bridgehead atoms. The number of carbonyl (C=O) groups excluding carboxylic acids is 2. The summed E-state index contributed by atoms with van der Waals surface area (Å²) < 4.78 is 4.97. The zero-order valence-corrected chi connectivity index (χ0v) is 17.9. The van der Waals surface area contributed by atoms with E-state index in [1.807, 2.05) is 43.3 Å². The minimum Gasteiger partial charge on any atom is -0.465 e. The molecule has 0 unspecified atom stereocenters. The smallest absolute Gasteiger partial charge is 0.340 e. The molecule has 0 saturated heterocycles. The van der Waals surface area contributed by atoms with Gasteiger partial charge in [-0.15, -0.1) is 0 Å². The predicted molar refractivity (Wildman–Crippen MR) is 117 cm³/mol. The maximum absolute atomic E-state index is 13.3. The summed E-state index contributed by atoms with van der Waals surface area (Å²) in [5.74, 6) is -0.741. The minimum atomic E-state index is -0.511. The van der Waals surface area contributed by atoms with Gasteiger partial charge in [-0.05, 0) is 48.6 Å². The molecule has 1 aliphatic heterocycles. The third kappa shape index (κ3) is 4.02. The van der Waals surface area contributed by atoms with Crippen LogP contribution >= 0.6 is 0 Å². The van der Waals surface area contributed by atoms with E-state index in [0.29, 0.717) is 16.8 Å². The number of aryl methyl sites for hydroxylation is 1. The standard InChI is InChI=1S/C25H27NO3/c1-16-7-13-20(14-8-16)26-17(2)22(24(28)29-6)21(23(26)27)15-18-9-11-19(12-10-18)25(3,4)5/h7-15H,1-6H3/b21-15-. The Balaban J connectivity index is 2.07. The van der Waals surface area contributed by atoms with Gasteiger partial charge in [-0.1, -0.05) is 62.7 Å². The fourth-order valence-electron chi connectivity index (χ4n) is 3.43. The maximum Gasteiger partial charge on any atom is 0.340 e. The van der Waals surface area contributed by atoms with Crippen molar-refractivity contribution in [3.05, 3.63) is 82.1 Å². The van der Waals surface area contributed by atoms with E-state index in [-0.39, 0.29) is 11.3 Å². The van der Waals surface area contributed by atoms with Crippen LogP contribution < -0.4 is 4.90 Å². The molecule has 1 aliphatic rings. The van der Waals surface area contributed by atoms with Crippen LogP contribution in [0, 0.1) is 6.92 Å². The topological polar surface area (TPSA) is 46.6 Å². The Morgan fingerprint density at radius 3 is 2.07 bits per heavy atom. The number of allylic oxidation sites excluding steroid dienone is 1. The first-order chi connectivity index (χ1) is 13.6. The molecule has 1 amide bonds. The van der Waals surface area contributed by atoms with Crippen molar-refractivity contribution in [3.63, 3.8) is 0 Å². The Labute approximate surface area is 172 Å². The summed E-state index contributed by atoms with van der Waals surface area (Å²) >= 11 is 0. The van der Waals surface area contributed by atoms with Gasteiger partial charge in [0, 0.05) is 11.4 Å². The van der Waals surface area contributed by atoms with Gasteiger partial charge in [0.2, 0.25) is 0 Å². The van der Waals surface area contributed by atoms with Crippen LogP contribution in [0.2, 0.25) is 0 Å². The average molecular weight is 389 g/mol. The van der Waals surface area contributed by atoms with Gasteiger partial charge in [-0.3, -0.25) is 9.69 Å². The van der Waals surface area contributed by atoms with E-state index in [0.717, 1.165) is 16.8 Å². The van der Waals surface area contributed by atoms with Crippen molar-refractivity contribution in [2.24, 2.45) is 0 Å².